The molecule has 0 aliphatic rings. The number of hydrogen-bond donors (Lipinski definition) is 2. The first-order valence-electron chi connectivity index (χ1n) is 6.97. The zero-order valence-electron chi connectivity index (χ0n) is 13.5. The van der Waals surface area contributed by atoms with Crippen molar-refractivity contribution in [2.45, 2.75) is 37.6 Å². The lowest BCUT2D eigenvalue weighted by atomic mass is 9.85. The van der Waals surface area contributed by atoms with Crippen LogP contribution in [0.3, 0.4) is 0 Å². The summed E-state index contributed by atoms with van der Waals surface area (Å²) < 4.78 is 0. The van der Waals surface area contributed by atoms with Crippen LogP contribution in [0.4, 0.5) is 5.69 Å². The van der Waals surface area contributed by atoms with Crippen LogP contribution in [0.1, 0.15) is 37.6 Å². The first-order chi connectivity index (χ1) is 10.6. The number of carboxylic acids is 1. The molecule has 0 saturated carbocycles. The van der Waals surface area contributed by atoms with Crippen LogP contribution in [0.15, 0.2) is 23.1 Å². The zero-order chi connectivity index (χ0) is 17.8. The van der Waals surface area contributed by atoms with Gasteiger partial charge in [0.15, 0.2) is 0 Å². The lowest BCUT2D eigenvalue weighted by molar-refractivity contribution is -0.387. The molecule has 1 rings (SSSR count). The van der Waals surface area contributed by atoms with Crippen molar-refractivity contribution in [3.63, 3.8) is 0 Å². The smallest absolute Gasteiger partial charge is 0.305 e. The van der Waals surface area contributed by atoms with Crippen molar-refractivity contribution in [3.05, 3.63) is 33.9 Å². The van der Waals surface area contributed by atoms with E-state index in [1.807, 2.05) is 13.8 Å². The van der Waals surface area contributed by atoms with Gasteiger partial charge in [0.05, 0.1) is 21.8 Å². The Morgan fingerprint density at radius 3 is 2.48 bits per heavy atom. The van der Waals surface area contributed by atoms with Gasteiger partial charge in [0, 0.05) is 11.6 Å². The number of aliphatic carboxylic acids is 1. The van der Waals surface area contributed by atoms with Crippen LogP contribution in [0.25, 0.3) is 0 Å². The lowest BCUT2D eigenvalue weighted by Gasteiger charge is -2.33. The Kier molecular flexibility index (Phi) is 6.14. The number of nitrogens with one attached hydrogen (secondary N) is 1. The normalized spacial score (nSPS) is 13.4. The monoisotopic (exact) mass is 340 g/mol. The van der Waals surface area contributed by atoms with E-state index in [-0.39, 0.29) is 23.6 Å². The topological polar surface area (TPSA) is 110 Å². The third kappa shape index (κ3) is 4.69. The highest BCUT2D eigenvalue weighted by molar-refractivity contribution is 7.98. The minimum atomic E-state index is -1.02. The molecule has 1 amide bonds. The Morgan fingerprint density at radius 2 is 2.04 bits per heavy atom. The van der Waals surface area contributed by atoms with Crippen molar-refractivity contribution in [2.75, 3.05) is 6.26 Å². The summed E-state index contributed by atoms with van der Waals surface area (Å²) in [6.07, 6.45) is 1.48. The van der Waals surface area contributed by atoms with E-state index >= 15 is 0 Å². The van der Waals surface area contributed by atoms with Gasteiger partial charge in [0.2, 0.25) is 0 Å². The summed E-state index contributed by atoms with van der Waals surface area (Å²) in [6.45, 7) is 5.26. The average molecular weight is 340 g/mol. The Balaban J connectivity index is 3.11. The maximum atomic E-state index is 12.4. The van der Waals surface area contributed by atoms with E-state index in [1.165, 1.54) is 30.0 Å². The number of benzene rings is 1. The molecule has 1 aromatic carbocycles. The van der Waals surface area contributed by atoms with Crippen LogP contribution in [0.2, 0.25) is 0 Å². The second kappa shape index (κ2) is 7.45. The van der Waals surface area contributed by atoms with Gasteiger partial charge >= 0.3 is 5.97 Å². The summed E-state index contributed by atoms with van der Waals surface area (Å²) in [6, 6.07) is 4.22. The van der Waals surface area contributed by atoms with Crippen LogP contribution in [-0.2, 0) is 4.79 Å². The maximum absolute atomic E-state index is 12.4. The van der Waals surface area contributed by atoms with Crippen molar-refractivity contribution < 1.29 is 19.6 Å². The molecule has 7 nitrogen and oxygen atoms in total. The molecule has 2 N–H and O–H groups in total. The lowest BCUT2D eigenvalue weighted by Crippen LogP contribution is -2.51. The van der Waals surface area contributed by atoms with Crippen molar-refractivity contribution in [1.82, 2.24) is 5.32 Å². The number of nitro benzene ring substituents is 1. The van der Waals surface area contributed by atoms with E-state index in [2.05, 4.69) is 5.32 Å². The van der Waals surface area contributed by atoms with E-state index in [4.69, 9.17) is 5.11 Å². The van der Waals surface area contributed by atoms with Gasteiger partial charge in [-0.3, -0.25) is 19.7 Å². The van der Waals surface area contributed by atoms with Gasteiger partial charge in [0.1, 0.15) is 0 Å². The third-order valence-electron chi connectivity index (χ3n) is 3.83. The van der Waals surface area contributed by atoms with Crippen molar-refractivity contribution >= 4 is 29.3 Å². The van der Waals surface area contributed by atoms with Crippen molar-refractivity contribution in [1.29, 1.82) is 0 Å². The fraction of sp³-hybridized carbons (Fsp3) is 0.467. The molecular weight excluding hydrogens is 320 g/mol. The highest BCUT2D eigenvalue weighted by Crippen LogP contribution is 2.29. The second-order valence-corrected chi connectivity index (χ2v) is 6.59. The summed E-state index contributed by atoms with van der Waals surface area (Å²) in [4.78, 5) is 34.4. The zero-order valence-corrected chi connectivity index (χ0v) is 14.3. The summed E-state index contributed by atoms with van der Waals surface area (Å²) in [5.74, 6) is -1.67. The number of carbonyl (C=O) groups is 2. The largest absolute Gasteiger partial charge is 0.481 e. The Morgan fingerprint density at radius 1 is 1.43 bits per heavy atom. The predicted octanol–water partition coefficient (Wildman–Crippen LogP) is 2.94. The number of carbonyl (C=O) groups excluding carboxylic acids is 1. The van der Waals surface area contributed by atoms with Crippen molar-refractivity contribution in [2.24, 2.45) is 5.92 Å². The van der Waals surface area contributed by atoms with Crippen LogP contribution in [0, 0.1) is 16.0 Å². The fourth-order valence-electron chi connectivity index (χ4n) is 2.01. The quantitative estimate of drug-likeness (QED) is 0.449. The van der Waals surface area contributed by atoms with E-state index in [9.17, 15) is 19.7 Å². The number of nitro groups is 1. The highest BCUT2D eigenvalue weighted by Gasteiger charge is 2.33. The van der Waals surface area contributed by atoms with Gasteiger partial charge in [-0.05, 0) is 31.2 Å². The maximum Gasteiger partial charge on any atom is 0.305 e. The van der Waals surface area contributed by atoms with Crippen LogP contribution >= 0.6 is 11.8 Å². The Bertz CT molecular complexity index is 632. The molecule has 1 unspecified atom stereocenters. The van der Waals surface area contributed by atoms with Crippen LogP contribution in [0.5, 0.6) is 0 Å². The number of amides is 1. The van der Waals surface area contributed by atoms with Gasteiger partial charge in [0.25, 0.3) is 11.6 Å². The molecular formula is C15H20N2O5S. The molecule has 8 heteroatoms. The van der Waals surface area contributed by atoms with E-state index in [1.54, 1.807) is 13.2 Å². The van der Waals surface area contributed by atoms with E-state index in [0.717, 1.165) is 0 Å². The number of hydrogen-bond acceptors (Lipinski definition) is 5. The first kappa shape index (κ1) is 19.0. The number of nitrogens with zero attached hydrogens (tertiary/aromatic N) is 1. The van der Waals surface area contributed by atoms with Gasteiger partial charge in [-0.1, -0.05) is 13.8 Å². The summed E-state index contributed by atoms with van der Waals surface area (Å²) in [5, 5.41) is 22.8. The summed E-state index contributed by atoms with van der Waals surface area (Å²) in [7, 11) is 0. The van der Waals surface area contributed by atoms with Gasteiger partial charge in [-0.2, -0.15) is 0 Å². The standard InChI is InChI=1S/C15H20N2O5S/c1-9(2)15(3,8-13(18)19)16-14(20)10-5-6-12(23-4)11(7-10)17(21)22/h5-7,9H,8H2,1-4H3,(H,16,20)(H,18,19). The Hall–Kier alpha value is -2.09. The molecule has 0 heterocycles. The van der Waals surface area contributed by atoms with Crippen LogP contribution < -0.4 is 5.32 Å². The molecule has 0 aromatic heterocycles. The predicted molar refractivity (Wildman–Crippen MR) is 87.8 cm³/mol. The SMILES string of the molecule is CSc1ccc(C(=O)NC(C)(CC(=O)O)C(C)C)cc1[N+](=O)[O-]. The van der Waals surface area contributed by atoms with E-state index < -0.39 is 22.3 Å². The summed E-state index contributed by atoms with van der Waals surface area (Å²) in [5.41, 5.74) is -0.961. The fourth-order valence-corrected chi connectivity index (χ4v) is 2.56. The van der Waals surface area contributed by atoms with Crippen molar-refractivity contribution in [3.8, 4) is 0 Å². The van der Waals surface area contributed by atoms with Gasteiger partial charge < -0.3 is 10.4 Å². The average Bonchev–Trinajstić information content (AvgIpc) is 2.45. The first-order valence-corrected chi connectivity index (χ1v) is 8.20. The molecule has 0 aliphatic carbocycles. The number of rotatable bonds is 7. The second-order valence-electron chi connectivity index (χ2n) is 5.74. The molecule has 1 aromatic rings. The summed E-state index contributed by atoms with van der Waals surface area (Å²) >= 11 is 1.22. The molecule has 0 bridgehead atoms. The molecule has 1 atom stereocenters. The van der Waals surface area contributed by atoms with E-state index in [0.29, 0.717) is 4.90 Å². The molecule has 0 spiro atoms. The minimum Gasteiger partial charge on any atom is -0.481 e. The van der Waals surface area contributed by atoms with Gasteiger partial charge in [-0.15, -0.1) is 11.8 Å². The molecule has 0 saturated heterocycles. The number of thioether (sulfide) groups is 1. The van der Waals surface area contributed by atoms with Gasteiger partial charge in [-0.25, -0.2) is 0 Å². The minimum absolute atomic E-state index is 0.122. The molecule has 0 fully saturated rings. The molecule has 0 radical (unpaired) electrons. The molecule has 0 aliphatic heterocycles. The number of carboxylic acid groups (broad SMARTS) is 1. The highest BCUT2D eigenvalue weighted by atomic mass is 32.2. The third-order valence-corrected chi connectivity index (χ3v) is 4.61. The molecule has 126 valence electrons. The van der Waals surface area contributed by atoms with Crippen LogP contribution in [-0.4, -0.2) is 33.7 Å². The molecule has 23 heavy (non-hydrogen) atoms. The Labute approximate surface area is 138 Å².